The number of halogens is 1. The van der Waals surface area contributed by atoms with Crippen LogP contribution in [0, 0.1) is 0 Å². The van der Waals surface area contributed by atoms with Crippen LogP contribution in [0.3, 0.4) is 0 Å². The van der Waals surface area contributed by atoms with Crippen LogP contribution in [0.5, 0.6) is 0 Å². The molecule has 2 aromatic rings. The lowest BCUT2D eigenvalue weighted by molar-refractivity contribution is 0.408. The van der Waals surface area contributed by atoms with E-state index in [2.05, 4.69) is 70.2 Å². The fourth-order valence-electron chi connectivity index (χ4n) is 1.74. The number of nitrogens with zero attached hydrogens (tertiary/aromatic N) is 3. The van der Waals surface area contributed by atoms with Crippen LogP contribution in [-0.2, 0) is 9.97 Å². The number of nitrogen functional groups attached to an aromatic ring is 1. The van der Waals surface area contributed by atoms with Crippen molar-refractivity contribution in [2.75, 3.05) is 5.73 Å². The van der Waals surface area contributed by atoms with Gasteiger partial charge in [-0.2, -0.15) is 4.98 Å². The summed E-state index contributed by atoms with van der Waals surface area (Å²) in [4.78, 5) is 8.60. The van der Waals surface area contributed by atoms with E-state index in [1.807, 2.05) is 0 Å². The first-order chi connectivity index (χ1) is 7.43. The molecule has 0 unspecified atom stereocenters. The van der Waals surface area contributed by atoms with E-state index in [4.69, 9.17) is 5.73 Å². The number of fused-ring (bicyclic) bond motifs is 1. The minimum Gasteiger partial charge on any atom is -0.368 e. The van der Waals surface area contributed by atoms with Gasteiger partial charge in [0, 0.05) is 21.5 Å². The number of hydrogen-bond acceptors (Lipinski definition) is 3. The van der Waals surface area contributed by atoms with Gasteiger partial charge in [-0.25, -0.2) is 4.98 Å². The fourth-order valence-corrected chi connectivity index (χ4v) is 2.32. The zero-order chi connectivity index (χ0) is 11.9. The number of rotatable bonds is 1. The average molecular weight is 330 g/mol. The fraction of sp³-hybridized carbons (Fsp3) is 0.455. The number of alkyl halides is 1. The molecule has 5 heteroatoms. The Morgan fingerprint density at radius 1 is 1.38 bits per heavy atom. The summed E-state index contributed by atoms with van der Waals surface area (Å²) in [5.41, 5.74) is 7.67. The van der Waals surface area contributed by atoms with Crippen LogP contribution < -0.4 is 5.73 Å². The zero-order valence-electron chi connectivity index (χ0n) is 9.66. The standard InChI is InChI=1S/C11H15IN4/c1-11(2,3)16-5-4-7-8(6-12)14-10(13)15-9(7)16/h4-5H,6H2,1-3H3,(H2,13,14,15). The Morgan fingerprint density at radius 3 is 2.62 bits per heavy atom. The molecule has 0 saturated heterocycles. The Hall–Kier alpha value is -0.850. The highest BCUT2D eigenvalue weighted by Gasteiger charge is 2.18. The van der Waals surface area contributed by atoms with Crippen molar-refractivity contribution in [2.24, 2.45) is 0 Å². The smallest absolute Gasteiger partial charge is 0.222 e. The van der Waals surface area contributed by atoms with Crippen LogP contribution in [0.1, 0.15) is 26.5 Å². The van der Waals surface area contributed by atoms with E-state index in [1.165, 1.54) is 0 Å². The quantitative estimate of drug-likeness (QED) is 0.646. The normalized spacial score (nSPS) is 12.2. The van der Waals surface area contributed by atoms with Crippen molar-refractivity contribution in [1.82, 2.24) is 14.5 Å². The van der Waals surface area contributed by atoms with Crippen molar-refractivity contribution in [1.29, 1.82) is 0 Å². The molecule has 2 N–H and O–H groups in total. The minimum absolute atomic E-state index is 0.00505. The van der Waals surface area contributed by atoms with Gasteiger partial charge >= 0.3 is 0 Å². The molecule has 0 bridgehead atoms. The lowest BCUT2D eigenvalue weighted by Gasteiger charge is -2.22. The molecular weight excluding hydrogens is 315 g/mol. The second kappa shape index (κ2) is 3.87. The maximum atomic E-state index is 5.73. The summed E-state index contributed by atoms with van der Waals surface area (Å²) < 4.78 is 2.98. The Labute approximate surface area is 108 Å². The van der Waals surface area contributed by atoms with Crippen LogP contribution >= 0.6 is 22.6 Å². The second-order valence-corrected chi connectivity index (χ2v) is 5.52. The summed E-state index contributed by atoms with van der Waals surface area (Å²) in [6.07, 6.45) is 2.05. The topological polar surface area (TPSA) is 56.7 Å². The molecule has 2 aromatic heterocycles. The van der Waals surface area contributed by atoms with E-state index < -0.39 is 0 Å². The Balaban J connectivity index is 2.77. The maximum absolute atomic E-state index is 5.73. The zero-order valence-corrected chi connectivity index (χ0v) is 11.8. The highest BCUT2D eigenvalue weighted by Crippen LogP contribution is 2.25. The van der Waals surface area contributed by atoms with Gasteiger partial charge in [-0.05, 0) is 26.8 Å². The number of nitrogens with two attached hydrogens (primary N) is 1. The van der Waals surface area contributed by atoms with Crippen LogP contribution in [0.15, 0.2) is 12.3 Å². The third-order valence-corrected chi connectivity index (χ3v) is 3.21. The monoisotopic (exact) mass is 330 g/mol. The van der Waals surface area contributed by atoms with Crippen molar-refractivity contribution in [2.45, 2.75) is 30.7 Å². The van der Waals surface area contributed by atoms with Gasteiger partial charge in [-0.3, -0.25) is 0 Å². The van der Waals surface area contributed by atoms with Gasteiger partial charge in [0.2, 0.25) is 5.95 Å². The van der Waals surface area contributed by atoms with Crippen LogP contribution in [0.2, 0.25) is 0 Å². The molecule has 0 spiro atoms. The van der Waals surface area contributed by atoms with Gasteiger partial charge in [0.25, 0.3) is 0 Å². The van der Waals surface area contributed by atoms with Gasteiger partial charge in [-0.15, -0.1) is 0 Å². The second-order valence-electron chi connectivity index (χ2n) is 4.76. The van der Waals surface area contributed by atoms with Crippen molar-refractivity contribution >= 4 is 39.6 Å². The number of anilines is 1. The van der Waals surface area contributed by atoms with Crippen molar-refractivity contribution < 1.29 is 0 Å². The van der Waals surface area contributed by atoms with Gasteiger partial charge in [0.05, 0.1) is 5.69 Å². The SMILES string of the molecule is CC(C)(C)n1ccc2c(CI)nc(N)nc21. The molecule has 0 amide bonds. The Bertz CT molecular complexity index is 524. The van der Waals surface area contributed by atoms with Crippen LogP contribution in [0.25, 0.3) is 11.0 Å². The highest BCUT2D eigenvalue weighted by atomic mass is 127. The van der Waals surface area contributed by atoms with E-state index in [0.717, 1.165) is 21.2 Å². The predicted molar refractivity (Wildman–Crippen MR) is 74.7 cm³/mol. The summed E-state index contributed by atoms with van der Waals surface area (Å²) in [6, 6.07) is 2.06. The third kappa shape index (κ3) is 1.88. The molecule has 0 aliphatic carbocycles. The van der Waals surface area contributed by atoms with Gasteiger partial charge in [-0.1, -0.05) is 22.6 Å². The van der Waals surface area contributed by atoms with E-state index >= 15 is 0 Å². The van der Waals surface area contributed by atoms with Gasteiger partial charge in [0.1, 0.15) is 5.65 Å². The third-order valence-electron chi connectivity index (χ3n) is 2.49. The number of aromatic nitrogens is 3. The van der Waals surface area contributed by atoms with Crippen LogP contribution in [0.4, 0.5) is 5.95 Å². The molecule has 86 valence electrons. The van der Waals surface area contributed by atoms with Crippen molar-refractivity contribution in [3.8, 4) is 0 Å². The molecular formula is C11H15IN4. The van der Waals surface area contributed by atoms with Crippen molar-refractivity contribution in [3.05, 3.63) is 18.0 Å². The largest absolute Gasteiger partial charge is 0.368 e. The summed E-state index contributed by atoms with van der Waals surface area (Å²) in [5.74, 6) is 0.350. The van der Waals surface area contributed by atoms with Gasteiger partial charge < -0.3 is 10.3 Å². The van der Waals surface area contributed by atoms with Crippen LogP contribution in [-0.4, -0.2) is 14.5 Å². The lowest BCUT2D eigenvalue weighted by Crippen LogP contribution is -2.21. The summed E-state index contributed by atoms with van der Waals surface area (Å²) >= 11 is 2.29. The van der Waals surface area contributed by atoms with E-state index in [-0.39, 0.29) is 5.54 Å². The molecule has 0 aromatic carbocycles. The lowest BCUT2D eigenvalue weighted by atomic mass is 10.1. The van der Waals surface area contributed by atoms with Gasteiger partial charge in [0.15, 0.2) is 0 Å². The molecule has 0 atom stereocenters. The maximum Gasteiger partial charge on any atom is 0.222 e. The molecule has 0 fully saturated rings. The molecule has 16 heavy (non-hydrogen) atoms. The first kappa shape index (κ1) is 11.6. The first-order valence-corrected chi connectivity index (χ1v) is 6.66. The highest BCUT2D eigenvalue weighted by molar-refractivity contribution is 14.1. The van der Waals surface area contributed by atoms with Crippen molar-refractivity contribution in [3.63, 3.8) is 0 Å². The number of hydrogen-bond donors (Lipinski definition) is 1. The summed E-state index contributed by atoms with van der Waals surface area (Å²) in [6.45, 7) is 6.44. The Kier molecular flexibility index (Phi) is 2.81. The summed E-state index contributed by atoms with van der Waals surface area (Å²) in [7, 11) is 0. The Morgan fingerprint density at radius 2 is 2.06 bits per heavy atom. The molecule has 2 heterocycles. The summed E-state index contributed by atoms with van der Waals surface area (Å²) in [5, 5.41) is 1.10. The minimum atomic E-state index is 0.00505. The molecule has 4 nitrogen and oxygen atoms in total. The molecule has 0 radical (unpaired) electrons. The predicted octanol–water partition coefficient (Wildman–Crippen LogP) is 2.70. The first-order valence-electron chi connectivity index (χ1n) is 5.13. The molecule has 0 aliphatic heterocycles. The van der Waals surface area contributed by atoms with E-state index in [9.17, 15) is 0 Å². The molecule has 2 rings (SSSR count). The molecule has 0 saturated carbocycles. The average Bonchev–Trinajstić information content (AvgIpc) is 2.58. The molecule has 0 aliphatic rings. The van der Waals surface area contributed by atoms with E-state index in [1.54, 1.807) is 0 Å². The van der Waals surface area contributed by atoms with E-state index in [0.29, 0.717) is 5.95 Å².